The van der Waals surface area contributed by atoms with Gasteiger partial charge in [0.05, 0.1) is 5.56 Å². The first-order valence-electron chi connectivity index (χ1n) is 5.22. The number of alkyl halides is 3. The van der Waals surface area contributed by atoms with Gasteiger partial charge in [0.25, 0.3) is 0 Å². The van der Waals surface area contributed by atoms with Gasteiger partial charge >= 0.3 is 6.18 Å². The molecule has 0 amide bonds. The van der Waals surface area contributed by atoms with Crippen LogP contribution in [0.5, 0.6) is 0 Å². The number of anilines is 3. The zero-order valence-electron chi connectivity index (χ0n) is 9.50. The van der Waals surface area contributed by atoms with Crippen molar-refractivity contribution in [2.75, 3.05) is 11.1 Å². The van der Waals surface area contributed by atoms with Crippen LogP contribution >= 0.6 is 11.6 Å². The van der Waals surface area contributed by atoms with Crippen molar-refractivity contribution in [2.24, 2.45) is 0 Å². The predicted molar refractivity (Wildman–Crippen MR) is 68.4 cm³/mol. The molecule has 0 radical (unpaired) electrons. The van der Waals surface area contributed by atoms with E-state index in [1.807, 2.05) is 0 Å². The minimum absolute atomic E-state index is 0.0228. The van der Waals surface area contributed by atoms with Crippen LogP contribution in [0, 0.1) is 0 Å². The van der Waals surface area contributed by atoms with Gasteiger partial charge in [-0.2, -0.15) is 13.2 Å². The van der Waals surface area contributed by atoms with E-state index in [0.717, 1.165) is 12.1 Å². The Labute approximate surface area is 112 Å². The molecule has 3 N–H and O–H groups in total. The van der Waals surface area contributed by atoms with E-state index in [2.05, 4.69) is 10.3 Å². The topological polar surface area (TPSA) is 50.9 Å². The summed E-state index contributed by atoms with van der Waals surface area (Å²) in [6.45, 7) is 0. The quantitative estimate of drug-likeness (QED) is 0.875. The molecule has 0 aliphatic carbocycles. The highest BCUT2D eigenvalue weighted by Crippen LogP contribution is 2.32. The zero-order valence-corrected chi connectivity index (χ0v) is 10.3. The summed E-state index contributed by atoms with van der Waals surface area (Å²) in [5, 5.41) is 3.26. The lowest BCUT2D eigenvalue weighted by Crippen LogP contribution is -2.08. The number of rotatable bonds is 2. The van der Waals surface area contributed by atoms with Crippen LogP contribution in [0.4, 0.5) is 30.5 Å². The third kappa shape index (κ3) is 3.51. The Morgan fingerprint density at radius 1 is 1.11 bits per heavy atom. The summed E-state index contributed by atoms with van der Waals surface area (Å²) >= 11 is 5.71. The summed E-state index contributed by atoms with van der Waals surface area (Å²) < 4.78 is 37.8. The highest BCUT2D eigenvalue weighted by molar-refractivity contribution is 6.30. The molecule has 0 spiro atoms. The first-order chi connectivity index (χ1) is 8.84. The van der Waals surface area contributed by atoms with Crippen LogP contribution in [0.15, 0.2) is 36.4 Å². The van der Waals surface area contributed by atoms with Gasteiger partial charge in [0.15, 0.2) is 0 Å². The van der Waals surface area contributed by atoms with E-state index in [1.165, 1.54) is 0 Å². The van der Waals surface area contributed by atoms with Crippen LogP contribution in [0.2, 0.25) is 5.02 Å². The number of halogens is 4. The molecule has 0 saturated carbocycles. The molecule has 0 saturated heterocycles. The van der Waals surface area contributed by atoms with Crippen LogP contribution < -0.4 is 11.1 Å². The average Bonchev–Trinajstić information content (AvgIpc) is 2.30. The van der Waals surface area contributed by atoms with E-state index in [4.69, 9.17) is 17.3 Å². The average molecular weight is 288 g/mol. The molecule has 2 aromatic rings. The number of hydrogen-bond donors (Lipinski definition) is 2. The van der Waals surface area contributed by atoms with Crippen molar-refractivity contribution in [3.05, 3.63) is 47.0 Å². The second-order valence-electron chi connectivity index (χ2n) is 3.80. The van der Waals surface area contributed by atoms with Crippen LogP contribution in [-0.2, 0) is 6.18 Å². The summed E-state index contributed by atoms with van der Waals surface area (Å²) in [5.41, 5.74) is 5.08. The SMILES string of the molecule is Nc1cc(C(F)(F)F)cc(Nc2ccc(Cl)cc2)n1. The number of nitrogens with zero attached hydrogens (tertiary/aromatic N) is 1. The number of aromatic nitrogens is 1. The number of hydrogen-bond acceptors (Lipinski definition) is 3. The maximum absolute atomic E-state index is 12.6. The lowest BCUT2D eigenvalue weighted by molar-refractivity contribution is -0.137. The Balaban J connectivity index is 2.30. The Morgan fingerprint density at radius 2 is 1.74 bits per heavy atom. The van der Waals surface area contributed by atoms with Gasteiger partial charge in [0.2, 0.25) is 0 Å². The molecule has 0 aliphatic rings. The Morgan fingerprint density at radius 3 is 2.32 bits per heavy atom. The predicted octanol–water partition coefficient (Wildman–Crippen LogP) is 4.08. The number of benzene rings is 1. The standard InChI is InChI=1S/C12H9ClF3N3/c13-8-1-3-9(4-2-8)18-11-6-7(12(14,15)16)5-10(17)19-11/h1-6H,(H3,17,18,19). The molecule has 100 valence electrons. The highest BCUT2D eigenvalue weighted by Gasteiger charge is 2.31. The fourth-order valence-electron chi connectivity index (χ4n) is 1.46. The Hall–Kier alpha value is -1.95. The number of nitrogens with one attached hydrogen (secondary N) is 1. The molecule has 0 fully saturated rings. The van der Waals surface area contributed by atoms with Crippen molar-refractivity contribution < 1.29 is 13.2 Å². The molecular weight excluding hydrogens is 279 g/mol. The van der Waals surface area contributed by atoms with Crippen molar-refractivity contribution >= 4 is 28.9 Å². The van der Waals surface area contributed by atoms with Gasteiger partial charge < -0.3 is 11.1 Å². The smallest absolute Gasteiger partial charge is 0.384 e. The molecule has 2 rings (SSSR count). The molecular formula is C12H9ClF3N3. The second-order valence-corrected chi connectivity index (χ2v) is 4.23. The molecule has 0 bridgehead atoms. The van der Waals surface area contributed by atoms with E-state index < -0.39 is 11.7 Å². The third-order valence-corrected chi connectivity index (χ3v) is 2.54. The monoisotopic (exact) mass is 287 g/mol. The van der Waals surface area contributed by atoms with Crippen molar-refractivity contribution in [3.63, 3.8) is 0 Å². The first-order valence-corrected chi connectivity index (χ1v) is 5.60. The van der Waals surface area contributed by atoms with Gasteiger partial charge in [-0.15, -0.1) is 0 Å². The molecule has 7 heteroatoms. The Bertz CT molecular complexity index is 582. The molecule has 0 atom stereocenters. The zero-order chi connectivity index (χ0) is 14.0. The molecule has 19 heavy (non-hydrogen) atoms. The number of nitrogens with two attached hydrogens (primary N) is 1. The van der Waals surface area contributed by atoms with Gasteiger partial charge in [0, 0.05) is 10.7 Å². The molecule has 1 aromatic carbocycles. The molecule has 0 unspecified atom stereocenters. The van der Waals surface area contributed by atoms with Crippen LogP contribution in [0.3, 0.4) is 0 Å². The Kier molecular flexibility index (Phi) is 3.53. The third-order valence-electron chi connectivity index (χ3n) is 2.29. The minimum Gasteiger partial charge on any atom is -0.384 e. The van der Waals surface area contributed by atoms with Gasteiger partial charge in [-0.25, -0.2) is 4.98 Å². The van der Waals surface area contributed by atoms with E-state index in [0.29, 0.717) is 10.7 Å². The van der Waals surface area contributed by atoms with E-state index in [9.17, 15) is 13.2 Å². The van der Waals surface area contributed by atoms with Crippen LogP contribution in [0.25, 0.3) is 0 Å². The van der Waals surface area contributed by atoms with Crippen molar-refractivity contribution in [1.29, 1.82) is 0 Å². The summed E-state index contributed by atoms with van der Waals surface area (Å²) in [6.07, 6.45) is -4.46. The summed E-state index contributed by atoms with van der Waals surface area (Å²) in [6, 6.07) is 8.15. The highest BCUT2D eigenvalue weighted by atomic mass is 35.5. The van der Waals surface area contributed by atoms with Crippen LogP contribution in [0.1, 0.15) is 5.56 Å². The maximum atomic E-state index is 12.6. The summed E-state index contributed by atoms with van der Waals surface area (Å²) in [7, 11) is 0. The molecule has 1 aromatic heterocycles. The van der Waals surface area contributed by atoms with E-state index in [1.54, 1.807) is 24.3 Å². The normalized spacial score (nSPS) is 11.4. The second kappa shape index (κ2) is 4.97. The maximum Gasteiger partial charge on any atom is 0.416 e. The van der Waals surface area contributed by atoms with Gasteiger partial charge in [-0.3, -0.25) is 0 Å². The molecule has 1 heterocycles. The van der Waals surface area contributed by atoms with E-state index in [-0.39, 0.29) is 11.6 Å². The lowest BCUT2D eigenvalue weighted by atomic mass is 10.2. The van der Waals surface area contributed by atoms with E-state index >= 15 is 0 Å². The lowest BCUT2D eigenvalue weighted by Gasteiger charge is -2.11. The minimum atomic E-state index is -4.46. The van der Waals surface area contributed by atoms with Gasteiger partial charge in [0.1, 0.15) is 11.6 Å². The molecule has 3 nitrogen and oxygen atoms in total. The van der Waals surface area contributed by atoms with Crippen molar-refractivity contribution in [3.8, 4) is 0 Å². The van der Waals surface area contributed by atoms with Gasteiger partial charge in [-0.05, 0) is 36.4 Å². The fraction of sp³-hybridized carbons (Fsp3) is 0.0833. The number of nitrogen functional groups attached to an aromatic ring is 1. The number of pyridine rings is 1. The fourth-order valence-corrected chi connectivity index (χ4v) is 1.59. The summed E-state index contributed by atoms with van der Waals surface area (Å²) in [4.78, 5) is 3.80. The van der Waals surface area contributed by atoms with Crippen molar-refractivity contribution in [1.82, 2.24) is 4.98 Å². The van der Waals surface area contributed by atoms with Crippen LogP contribution in [-0.4, -0.2) is 4.98 Å². The van der Waals surface area contributed by atoms with Crippen molar-refractivity contribution in [2.45, 2.75) is 6.18 Å². The summed E-state index contributed by atoms with van der Waals surface area (Å²) in [5.74, 6) is -0.180. The largest absolute Gasteiger partial charge is 0.416 e. The molecule has 0 aliphatic heterocycles. The van der Waals surface area contributed by atoms with Gasteiger partial charge in [-0.1, -0.05) is 11.6 Å². The first kappa shape index (κ1) is 13.5.